The number of esters is 1. The summed E-state index contributed by atoms with van der Waals surface area (Å²) in [4.78, 5) is 12.6. The summed E-state index contributed by atoms with van der Waals surface area (Å²) in [5.41, 5.74) is 0.0587. The van der Waals surface area contributed by atoms with E-state index in [1.807, 2.05) is 0 Å². The van der Waals surface area contributed by atoms with Gasteiger partial charge in [-0.2, -0.15) is 9.78 Å². The highest BCUT2D eigenvalue weighted by atomic mass is 35.5. The molecule has 0 fully saturated rings. The first-order valence-corrected chi connectivity index (χ1v) is 11.3. The van der Waals surface area contributed by atoms with Gasteiger partial charge in [-0.25, -0.2) is 17.6 Å². The maximum absolute atomic E-state index is 14.3. The third kappa shape index (κ3) is 3.90. The van der Waals surface area contributed by atoms with Crippen LogP contribution in [0.25, 0.3) is 5.69 Å². The van der Waals surface area contributed by atoms with Gasteiger partial charge >= 0.3 is 5.97 Å². The van der Waals surface area contributed by atoms with E-state index in [1.54, 1.807) is 48.5 Å². The minimum Gasteiger partial charge on any atom is -0.402 e. The van der Waals surface area contributed by atoms with Crippen LogP contribution >= 0.6 is 11.6 Å². The van der Waals surface area contributed by atoms with E-state index in [0.717, 1.165) is 6.07 Å². The summed E-state index contributed by atoms with van der Waals surface area (Å²) >= 11 is 6.00. The van der Waals surface area contributed by atoms with Crippen molar-refractivity contribution in [2.75, 3.05) is 0 Å². The van der Waals surface area contributed by atoms with Gasteiger partial charge in [0.25, 0.3) is 0 Å². The summed E-state index contributed by atoms with van der Waals surface area (Å²) in [5, 5.41) is 4.14. The average Bonchev–Trinajstić information content (AvgIpc) is 3.11. The van der Waals surface area contributed by atoms with Crippen molar-refractivity contribution >= 4 is 27.4 Å². The third-order valence-corrected chi connectivity index (χ3v) is 6.86. The molecule has 0 saturated heterocycles. The van der Waals surface area contributed by atoms with Gasteiger partial charge in [-0.3, -0.25) is 0 Å². The first-order valence-electron chi connectivity index (χ1n) is 9.42. The van der Waals surface area contributed by atoms with Crippen LogP contribution in [0.15, 0.2) is 88.7 Å². The van der Waals surface area contributed by atoms with Gasteiger partial charge in [0.1, 0.15) is 11.4 Å². The van der Waals surface area contributed by atoms with Gasteiger partial charge in [-0.15, -0.1) is 0 Å². The number of benzene rings is 3. The van der Waals surface area contributed by atoms with Crippen molar-refractivity contribution in [2.45, 2.75) is 16.7 Å². The molecule has 4 aromatic rings. The number of hydrogen-bond donors (Lipinski definition) is 0. The van der Waals surface area contributed by atoms with E-state index in [4.69, 9.17) is 16.3 Å². The molecule has 3 aromatic carbocycles. The molecule has 162 valence electrons. The molecule has 0 spiro atoms. The van der Waals surface area contributed by atoms with Crippen molar-refractivity contribution in [1.29, 1.82) is 0 Å². The van der Waals surface area contributed by atoms with E-state index >= 15 is 0 Å². The molecule has 0 aliphatic carbocycles. The summed E-state index contributed by atoms with van der Waals surface area (Å²) in [6.07, 6.45) is 0. The number of aromatic nitrogens is 2. The molecule has 0 radical (unpaired) electrons. The number of ether oxygens (including phenoxy) is 1. The lowest BCUT2D eigenvalue weighted by Gasteiger charge is -2.12. The zero-order valence-corrected chi connectivity index (χ0v) is 18.3. The highest BCUT2D eigenvalue weighted by molar-refractivity contribution is 7.91. The van der Waals surface area contributed by atoms with Crippen molar-refractivity contribution in [2.24, 2.45) is 0 Å². The standard InChI is InChI=1S/C23H16ClFN2O4S/c1-15-21(32(29,30)17-11-6-3-7-12-17)22(27(26-15)16-9-4-2-5-10-16)31-23(28)20-18(24)13-8-14-19(20)25/h2-14H,1H3. The highest BCUT2D eigenvalue weighted by Gasteiger charge is 2.33. The number of sulfone groups is 1. The largest absolute Gasteiger partial charge is 0.402 e. The number of aryl methyl sites for hydroxylation is 1. The van der Waals surface area contributed by atoms with Crippen molar-refractivity contribution in [3.05, 3.63) is 101 Å². The van der Waals surface area contributed by atoms with Gasteiger partial charge in [0.15, 0.2) is 4.90 Å². The summed E-state index contributed by atoms with van der Waals surface area (Å²) in [6, 6.07) is 20.0. The summed E-state index contributed by atoms with van der Waals surface area (Å²) in [7, 11) is -4.12. The topological polar surface area (TPSA) is 78.3 Å². The number of hydrogen-bond acceptors (Lipinski definition) is 5. The Morgan fingerprint density at radius 3 is 2.22 bits per heavy atom. The average molecular weight is 471 g/mol. The number of para-hydroxylation sites is 1. The van der Waals surface area contributed by atoms with E-state index in [9.17, 15) is 17.6 Å². The summed E-state index contributed by atoms with van der Waals surface area (Å²) in [5.74, 6) is -2.39. The van der Waals surface area contributed by atoms with E-state index in [0.29, 0.717) is 5.69 Å². The first-order chi connectivity index (χ1) is 15.3. The Hall–Kier alpha value is -3.49. The lowest BCUT2D eigenvalue weighted by molar-refractivity contribution is 0.0713. The Balaban J connectivity index is 1.92. The molecule has 9 heteroatoms. The maximum atomic E-state index is 14.3. The fourth-order valence-electron chi connectivity index (χ4n) is 3.18. The Kier molecular flexibility index (Phi) is 5.82. The number of rotatable bonds is 5. The maximum Gasteiger partial charge on any atom is 0.349 e. The molecule has 1 aromatic heterocycles. The smallest absolute Gasteiger partial charge is 0.349 e. The lowest BCUT2D eigenvalue weighted by Crippen LogP contribution is -2.16. The Morgan fingerprint density at radius 2 is 1.59 bits per heavy atom. The van der Waals surface area contributed by atoms with E-state index < -0.39 is 27.2 Å². The van der Waals surface area contributed by atoms with E-state index in [2.05, 4.69) is 5.10 Å². The second-order valence-electron chi connectivity index (χ2n) is 6.77. The molecule has 1 heterocycles. The van der Waals surface area contributed by atoms with Gasteiger partial charge in [0, 0.05) is 0 Å². The van der Waals surface area contributed by atoms with Gasteiger partial charge in [-0.05, 0) is 43.3 Å². The predicted molar refractivity (Wildman–Crippen MR) is 117 cm³/mol. The molecule has 0 unspecified atom stereocenters. The van der Waals surface area contributed by atoms with Crippen LogP contribution in [0.2, 0.25) is 5.02 Å². The van der Waals surface area contributed by atoms with Crippen LogP contribution in [0.5, 0.6) is 5.88 Å². The molecule has 0 saturated carbocycles. The molecule has 32 heavy (non-hydrogen) atoms. The van der Waals surface area contributed by atoms with Gasteiger partial charge < -0.3 is 4.74 Å². The van der Waals surface area contributed by atoms with Crippen LogP contribution < -0.4 is 4.74 Å². The van der Waals surface area contributed by atoms with Crippen LogP contribution in [-0.2, 0) is 9.84 Å². The SMILES string of the molecule is Cc1nn(-c2ccccc2)c(OC(=O)c2c(F)cccc2Cl)c1S(=O)(=O)c1ccccc1. The number of carbonyl (C=O) groups excluding carboxylic acids is 1. The van der Waals surface area contributed by atoms with Crippen LogP contribution in [0, 0.1) is 12.7 Å². The van der Waals surface area contributed by atoms with Crippen LogP contribution in [-0.4, -0.2) is 24.2 Å². The number of carbonyl (C=O) groups is 1. The molecule has 0 bridgehead atoms. The number of halogens is 2. The van der Waals surface area contributed by atoms with Gasteiger partial charge in [0.2, 0.25) is 15.7 Å². The minimum atomic E-state index is -4.12. The molecule has 0 aliphatic heterocycles. The molecule has 0 amide bonds. The zero-order valence-electron chi connectivity index (χ0n) is 16.7. The predicted octanol–water partition coefficient (Wildman–Crippen LogP) is 5.03. The van der Waals surface area contributed by atoms with Crippen molar-refractivity contribution < 1.29 is 22.3 Å². The quantitative estimate of drug-likeness (QED) is 0.382. The van der Waals surface area contributed by atoms with Gasteiger partial charge in [0.05, 0.1) is 21.3 Å². The first kappa shape index (κ1) is 21.7. The molecule has 0 aliphatic rings. The van der Waals surface area contributed by atoms with Crippen molar-refractivity contribution in [1.82, 2.24) is 9.78 Å². The Morgan fingerprint density at radius 1 is 0.969 bits per heavy atom. The highest BCUT2D eigenvalue weighted by Crippen LogP contribution is 2.35. The molecule has 0 N–H and O–H groups in total. The summed E-state index contributed by atoms with van der Waals surface area (Å²) in [6.45, 7) is 1.49. The normalized spacial score (nSPS) is 11.3. The molecule has 4 rings (SSSR count). The van der Waals surface area contributed by atoms with Crippen LogP contribution in [0.3, 0.4) is 0 Å². The fraction of sp³-hybridized carbons (Fsp3) is 0.0435. The Bertz CT molecular complexity index is 1380. The molecule has 6 nitrogen and oxygen atoms in total. The zero-order chi connectivity index (χ0) is 22.9. The van der Waals surface area contributed by atoms with Crippen molar-refractivity contribution in [3.63, 3.8) is 0 Å². The van der Waals surface area contributed by atoms with Crippen LogP contribution in [0.4, 0.5) is 4.39 Å². The van der Waals surface area contributed by atoms with E-state index in [1.165, 1.54) is 35.9 Å². The molecule has 0 atom stereocenters. The lowest BCUT2D eigenvalue weighted by atomic mass is 10.2. The fourth-order valence-corrected chi connectivity index (χ4v) is 4.96. The second-order valence-corrected chi connectivity index (χ2v) is 9.06. The monoisotopic (exact) mass is 470 g/mol. The second kappa shape index (κ2) is 8.57. The van der Waals surface area contributed by atoms with Crippen molar-refractivity contribution in [3.8, 4) is 11.6 Å². The Labute approximate surface area is 188 Å². The molecular weight excluding hydrogens is 455 g/mol. The molecular formula is C23H16ClFN2O4S. The van der Waals surface area contributed by atoms with Gasteiger partial charge in [-0.1, -0.05) is 54.1 Å². The van der Waals surface area contributed by atoms with E-state index in [-0.39, 0.29) is 26.4 Å². The number of nitrogens with zero attached hydrogens (tertiary/aromatic N) is 2. The minimum absolute atomic E-state index is 0.00284. The summed E-state index contributed by atoms with van der Waals surface area (Å²) < 4.78 is 47.8. The van der Waals surface area contributed by atoms with Crippen LogP contribution in [0.1, 0.15) is 16.1 Å². The third-order valence-electron chi connectivity index (χ3n) is 4.64.